The van der Waals surface area contributed by atoms with E-state index in [1.165, 1.54) is 11.8 Å². The van der Waals surface area contributed by atoms with Gasteiger partial charge in [-0.2, -0.15) is 0 Å². The van der Waals surface area contributed by atoms with Gasteiger partial charge >= 0.3 is 0 Å². The van der Waals surface area contributed by atoms with E-state index in [1.54, 1.807) is 6.33 Å². The fourth-order valence-electron chi connectivity index (χ4n) is 5.37. The second-order valence-corrected chi connectivity index (χ2v) is 9.11. The molecule has 1 aromatic carbocycles. The molecule has 0 bridgehead atoms. The van der Waals surface area contributed by atoms with Gasteiger partial charge in [0.1, 0.15) is 23.5 Å². The molecule has 1 fully saturated rings. The van der Waals surface area contributed by atoms with Crippen molar-refractivity contribution in [3.05, 3.63) is 72.3 Å². The van der Waals surface area contributed by atoms with Gasteiger partial charge < -0.3 is 19.5 Å². The lowest BCUT2D eigenvalue weighted by Gasteiger charge is -2.18. The highest BCUT2D eigenvalue weighted by molar-refractivity contribution is 6.05. The maximum absolute atomic E-state index is 12.3. The predicted octanol–water partition coefficient (Wildman–Crippen LogP) is 4.56. The van der Waals surface area contributed by atoms with Crippen LogP contribution < -0.4 is 10.1 Å². The molecule has 1 N–H and O–H groups in total. The minimum absolute atomic E-state index is 0.0220. The van der Waals surface area contributed by atoms with Gasteiger partial charge in [0.2, 0.25) is 11.8 Å². The van der Waals surface area contributed by atoms with Gasteiger partial charge in [0.15, 0.2) is 0 Å². The van der Waals surface area contributed by atoms with Gasteiger partial charge in [0.25, 0.3) is 0 Å². The Kier molecular flexibility index (Phi) is 5.02. The van der Waals surface area contributed by atoms with Crippen LogP contribution in [0.3, 0.4) is 0 Å². The average molecular weight is 467 g/mol. The third kappa shape index (κ3) is 3.53. The monoisotopic (exact) mass is 466 g/mol. The van der Waals surface area contributed by atoms with Crippen LogP contribution in [0, 0.1) is 6.92 Å². The number of pyridine rings is 1. The van der Waals surface area contributed by atoms with Gasteiger partial charge in [0, 0.05) is 55.6 Å². The number of aromatic nitrogens is 4. The number of likely N-dealkylation sites (tertiary alicyclic amines) is 1. The van der Waals surface area contributed by atoms with E-state index in [4.69, 9.17) is 4.74 Å². The van der Waals surface area contributed by atoms with E-state index in [-0.39, 0.29) is 11.8 Å². The first-order valence-corrected chi connectivity index (χ1v) is 11.8. The maximum atomic E-state index is 12.3. The third-order valence-corrected chi connectivity index (χ3v) is 6.95. The summed E-state index contributed by atoms with van der Waals surface area (Å²) >= 11 is 0. The average Bonchev–Trinajstić information content (AvgIpc) is 3.41. The molecule has 1 atom stereocenters. The molecular formula is C27H26N6O2. The summed E-state index contributed by atoms with van der Waals surface area (Å²) in [5.41, 5.74) is 6.35. The Labute approximate surface area is 203 Å². The van der Waals surface area contributed by atoms with Gasteiger partial charge in [-0.15, -0.1) is 0 Å². The van der Waals surface area contributed by atoms with Crippen LogP contribution in [0.4, 0.5) is 5.82 Å². The van der Waals surface area contributed by atoms with Gasteiger partial charge in [0.05, 0.1) is 5.39 Å². The normalized spacial score (nSPS) is 16.5. The van der Waals surface area contributed by atoms with Crippen molar-refractivity contribution in [2.45, 2.75) is 25.8 Å². The molecule has 0 saturated carbocycles. The number of rotatable bonds is 4. The van der Waals surface area contributed by atoms with Crippen molar-refractivity contribution in [2.24, 2.45) is 7.05 Å². The summed E-state index contributed by atoms with van der Waals surface area (Å²) < 4.78 is 8.25. The maximum Gasteiger partial charge on any atom is 0.245 e. The van der Waals surface area contributed by atoms with Crippen molar-refractivity contribution in [2.75, 3.05) is 18.4 Å². The minimum Gasteiger partial charge on any atom is -0.439 e. The number of carbonyl (C=O) groups excluding carboxylic acids is 1. The van der Waals surface area contributed by atoms with Crippen LogP contribution in [0.1, 0.15) is 29.3 Å². The van der Waals surface area contributed by atoms with Crippen LogP contribution in [0.5, 0.6) is 11.6 Å². The molecule has 3 aromatic heterocycles. The summed E-state index contributed by atoms with van der Waals surface area (Å²) in [6.07, 6.45) is 3.89. The molecule has 2 aliphatic rings. The summed E-state index contributed by atoms with van der Waals surface area (Å²) in [4.78, 5) is 27.8. The number of carbonyl (C=O) groups is 1. The van der Waals surface area contributed by atoms with E-state index in [1.807, 2.05) is 36.1 Å². The fourth-order valence-corrected chi connectivity index (χ4v) is 5.37. The molecule has 2 aliphatic heterocycles. The quantitative estimate of drug-likeness (QED) is 0.444. The van der Waals surface area contributed by atoms with Gasteiger partial charge in [-0.25, -0.2) is 15.0 Å². The summed E-state index contributed by atoms with van der Waals surface area (Å²) in [5.74, 6) is 2.30. The third-order valence-electron chi connectivity index (χ3n) is 6.95. The Hall–Kier alpha value is -4.20. The number of aryl methyl sites for hydroxylation is 2. The molecule has 1 amide bonds. The van der Waals surface area contributed by atoms with E-state index in [2.05, 4.69) is 50.6 Å². The molecule has 176 valence electrons. The number of ether oxygens (including phenoxy) is 1. The standard InChI is InChI=1S/C27H26N6O2/c1-4-22(34)33-11-10-17(14-33)25-23-20-9-8-19(35-21-7-5-6-16(2)31-21)12-18(20)13-28-26-24(23)27(32(25)3)30-15-29-26/h4-9,12,15,17H,1,10-11,13-14H2,2-3H3,(H,28,29,30). The summed E-state index contributed by atoms with van der Waals surface area (Å²) in [5, 5.41) is 4.52. The van der Waals surface area contributed by atoms with E-state index < -0.39 is 0 Å². The Bertz CT molecular complexity index is 1490. The van der Waals surface area contributed by atoms with Crippen LogP contribution >= 0.6 is 0 Å². The highest BCUT2D eigenvalue weighted by Crippen LogP contribution is 2.46. The van der Waals surface area contributed by atoms with Crippen molar-refractivity contribution in [1.29, 1.82) is 0 Å². The van der Waals surface area contributed by atoms with Gasteiger partial charge in [-0.05, 0) is 48.7 Å². The second kappa shape index (κ2) is 8.23. The van der Waals surface area contributed by atoms with Crippen molar-refractivity contribution in [3.8, 4) is 22.8 Å². The number of nitrogens with one attached hydrogen (secondary N) is 1. The molecule has 4 aromatic rings. The molecule has 8 heteroatoms. The number of hydrogen-bond donors (Lipinski definition) is 1. The zero-order valence-electron chi connectivity index (χ0n) is 19.8. The first-order chi connectivity index (χ1) is 17.0. The first kappa shape index (κ1) is 21.3. The first-order valence-electron chi connectivity index (χ1n) is 11.8. The molecular weight excluding hydrogens is 440 g/mol. The number of benzene rings is 1. The minimum atomic E-state index is -0.0220. The summed E-state index contributed by atoms with van der Waals surface area (Å²) in [7, 11) is 2.05. The van der Waals surface area contributed by atoms with Gasteiger partial charge in [-0.1, -0.05) is 18.7 Å². The lowest BCUT2D eigenvalue weighted by molar-refractivity contribution is -0.125. The lowest BCUT2D eigenvalue weighted by Crippen LogP contribution is -2.26. The smallest absolute Gasteiger partial charge is 0.245 e. The second-order valence-electron chi connectivity index (χ2n) is 9.11. The molecule has 0 spiro atoms. The molecule has 1 saturated heterocycles. The predicted molar refractivity (Wildman–Crippen MR) is 134 cm³/mol. The fraction of sp³-hybridized carbons (Fsp3) is 0.259. The molecule has 6 rings (SSSR count). The lowest BCUT2D eigenvalue weighted by atomic mass is 9.92. The number of hydrogen-bond acceptors (Lipinski definition) is 6. The zero-order valence-corrected chi connectivity index (χ0v) is 19.8. The largest absolute Gasteiger partial charge is 0.439 e. The molecule has 35 heavy (non-hydrogen) atoms. The number of amides is 1. The van der Waals surface area contributed by atoms with E-state index in [0.717, 1.165) is 58.0 Å². The number of nitrogens with zero attached hydrogens (tertiary/aromatic N) is 5. The Balaban J connectivity index is 1.47. The van der Waals surface area contributed by atoms with E-state index in [9.17, 15) is 4.79 Å². The Morgan fingerprint density at radius 1 is 1.26 bits per heavy atom. The zero-order chi connectivity index (χ0) is 24.1. The van der Waals surface area contributed by atoms with Crippen molar-refractivity contribution in [3.63, 3.8) is 0 Å². The van der Waals surface area contributed by atoms with Crippen molar-refractivity contribution in [1.82, 2.24) is 24.4 Å². The van der Waals surface area contributed by atoms with Crippen LogP contribution in [-0.2, 0) is 18.4 Å². The van der Waals surface area contributed by atoms with E-state index in [0.29, 0.717) is 19.0 Å². The summed E-state index contributed by atoms with van der Waals surface area (Å²) in [6.45, 7) is 7.59. The topological polar surface area (TPSA) is 85.2 Å². The SMILES string of the molecule is C=CC(=O)N1CCC(c2c3c4c(ncnc4n2C)NCc2cc(Oc4cccc(C)n4)ccc2-3)C1. The van der Waals surface area contributed by atoms with Gasteiger partial charge in [-0.3, -0.25) is 4.79 Å². The van der Waals surface area contributed by atoms with Crippen molar-refractivity contribution >= 4 is 22.8 Å². The molecule has 1 unspecified atom stereocenters. The highest BCUT2D eigenvalue weighted by Gasteiger charge is 2.34. The van der Waals surface area contributed by atoms with Crippen LogP contribution in [-0.4, -0.2) is 43.4 Å². The van der Waals surface area contributed by atoms with Crippen LogP contribution in [0.2, 0.25) is 0 Å². The highest BCUT2D eigenvalue weighted by atomic mass is 16.5. The van der Waals surface area contributed by atoms with E-state index >= 15 is 0 Å². The Morgan fingerprint density at radius 2 is 2.14 bits per heavy atom. The van der Waals surface area contributed by atoms with Crippen LogP contribution in [0.25, 0.3) is 22.2 Å². The molecule has 5 heterocycles. The molecule has 0 aliphatic carbocycles. The molecule has 8 nitrogen and oxygen atoms in total. The number of anilines is 1. The number of fused-ring (bicyclic) bond motifs is 2. The summed E-state index contributed by atoms with van der Waals surface area (Å²) in [6, 6.07) is 11.9. The Morgan fingerprint density at radius 3 is 2.97 bits per heavy atom. The van der Waals surface area contributed by atoms with Crippen LogP contribution in [0.15, 0.2) is 55.4 Å². The molecule has 0 radical (unpaired) electrons. The van der Waals surface area contributed by atoms with Crippen molar-refractivity contribution < 1.29 is 9.53 Å².